The second-order valence-electron chi connectivity index (χ2n) is 3.21. The van der Waals surface area contributed by atoms with Gasteiger partial charge in [0.1, 0.15) is 6.04 Å². The first-order valence-corrected chi connectivity index (χ1v) is 8.64. The van der Waals surface area contributed by atoms with Crippen LogP contribution in [0.1, 0.15) is 13.8 Å². The average Bonchev–Trinajstić information content (AvgIpc) is 2.82. The molecule has 0 saturated heterocycles. The number of aromatic nitrogens is 2. The molecule has 1 aromatic heterocycles. The van der Waals surface area contributed by atoms with E-state index in [1.54, 1.807) is 23.1 Å². The number of likely N-dealkylation sites (N-methyl/N-ethyl adjacent to an activating group) is 1. The molecule has 0 radical (unpaired) electrons. The second-order valence-corrected chi connectivity index (χ2v) is 6.51. The van der Waals surface area contributed by atoms with Crippen LogP contribution in [0.25, 0.3) is 0 Å². The van der Waals surface area contributed by atoms with Gasteiger partial charge in [0.2, 0.25) is 0 Å². The Morgan fingerprint density at radius 2 is 2.17 bits per heavy atom. The van der Waals surface area contributed by atoms with Gasteiger partial charge in [0.25, 0.3) is 0 Å². The van der Waals surface area contributed by atoms with E-state index in [2.05, 4.69) is 15.5 Å². The molecule has 1 heterocycles. The molecule has 0 aliphatic heterocycles. The summed E-state index contributed by atoms with van der Waals surface area (Å²) in [7, 11) is 0. The lowest BCUT2D eigenvalue weighted by atomic mass is 10.3. The molecule has 5 nitrogen and oxygen atoms in total. The van der Waals surface area contributed by atoms with E-state index >= 15 is 0 Å². The molecule has 0 aromatic carbocycles. The van der Waals surface area contributed by atoms with Gasteiger partial charge in [0.05, 0.1) is 6.61 Å². The lowest BCUT2D eigenvalue weighted by Crippen LogP contribution is -2.40. The standard InChI is InChI=1S/C10H17N3O2S3/c1-4-11-7(8(14)15-5-2)6-17-10-13-12-9(16-3)18-10/h7,11H,4-6H2,1-3H3. The van der Waals surface area contributed by atoms with Gasteiger partial charge in [-0.05, 0) is 19.7 Å². The van der Waals surface area contributed by atoms with Crippen LogP contribution in [0.15, 0.2) is 8.68 Å². The number of carbonyl (C=O) groups excluding carboxylic acids is 1. The van der Waals surface area contributed by atoms with E-state index in [4.69, 9.17) is 4.74 Å². The highest BCUT2D eigenvalue weighted by Crippen LogP contribution is 2.27. The fourth-order valence-electron chi connectivity index (χ4n) is 1.19. The topological polar surface area (TPSA) is 64.1 Å². The minimum atomic E-state index is -0.290. The third-order valence-electron chi connectivity index (χ3n) is 1.96. The Bertz CT molecular complexity index is 373. The number of hydrogen-bond acceptors (Lipinski definition) is 8. The van der Waals surface area contributed by atoms with Gasteiger partial charge in [0, 0.05) is 5.75 Å². The smallest absolute Gasteiger partial charge is 0.323 e. The van der Waals surface area contributed by atoms with E-state index in [1.165, 1.54) is 11.8 Å². The van der Waals surface area contributed by atoms with Crippen LogP contribution in [-0.4, -0.2) is 47.4 Å². The molecule has 1 N–H and O–H groups in total. The van der Waals surface area contributed by atoms with Gasteiger partial charge in [-0.2, -0.15) is 0 Å². The van der Waals surface area contributed by atoms with Crippen molar-refractivity contribution in [2.45, 2.75) is 28.6 Å². The summed E-state index contributed by atoms with van der Waals surface area (Å²) in [6, 6.07) is -0.290. The minimum absolute atomic E-state index is 0.207. The molecule has 1 rings (SSSR count). The number of esters is 1. The summed E-state index contributed by atoms with van der Waals surface area (Å²) in [4.78, 5) is 11.7. The number of hydrogen-bond donors (Lipinski definition) is 1. The number of thioether (sulfide) groups is 2. The van der Waals surface area contributed by atoms with E-state index in [0.717, 1.165) is 15.2 Å². The van der Waals surface area contributed by atoms with Crippen molar-refractivity contribution in [1.82, 2.24) is 15.5 Å². The molecule has 0 fully saturated rings. The van der Waals surface area contributed by atoms with Crippen molar-refractivity contribution in [2.24, 2.45) is 0 Å². The minimum Gasteiger partial charge on any atom is -0.465 e. The zero-order valence-corrected chi connectivity index (χ0v) is 13.1. The summed E-state index contributed by atoms with van der Waals surface area (Å²) >= 11 is 4.64. The number of rotatable bonds is 8. The fraction of sp³-hybridized carbons (Fsp3) is 0.700. The normalized spacial score (nSPS) is 12.4. The summed E-state index contributed by atoms with van der Waals surface area (Å²) in [6.45, 7) is 4.91. The highest BCUT2D eigenvalue weighted by molar-refractivity contribution is 8.03. The van der Waals surface area contributed by atoms with Crippen LogP contribution < -0.4 is 5.32 Å². The van der Waals surface area contributed by atoms with E-state index in [9.17, 15) is 4.79 Å². The Labute approximate surface area is 119 Å². The van der Waals surface area contributed by atoms with Crippen molar-refractivity contribution in [3.8, 4) is 0 Å². The van der Waals surface area contributed by atoms with Gasteiger partial charge in [-0.25, -0.2) is 0 Å². The summed E-state index contributed by atoms with van der Waals surface area (Å²) in [5.74, 6) is 0.400. The number of nitrogens with zero attached hydrogens (tertiary/aromatic N) is 2. The SMILES string of the molecule is CCNC(CSc1nnc(SC)s1)C(=O)OCC. The fourth-order valence-corrected chi connectivity index (χ4v) is 3.69. The Hall–Kier alpha value is -0.310. The van der Waals surface area contributed by atoms with Crippen molar-refractivity contribution in [3.05, 3.63) is 0 Å². The molecule has 102 valence electrons. The van der Waals surface area contributed by atoms with E-state index in [0.29, 0.717) is 12.4 Å². The van der Waals surface area contributed by atoms with Gasteiger partial charge in [-0.15, -0.1) is 10.2 Å². The van der Waals surface area contributed by atoms with Crippen LogP contribution in [0.5, 0.6) is 0 Å². The first-order valence-electron chi connectivity index (χ1n) is 5.61. The lowest BCUT2D eigenvalue weighted by molar-refractivity contribution is -0.144. The van der Waals surface area contributed by atoms with Gasteiger partial charge in [-0.1, -0.05) is 41.8 Å². The maximum atomic E-state index is 11.7. The molecular formula is C10H17N3O2S3. The van der Waals surface area contributed by atoms with Gasteiger partial charge in [0.15, 0.2) is 8.68 Å². The summed E-state index contributed by atoms with van der Waals surface area (Å²) in [5, 5.41) is 11.2. The van der Waals surface area contributed by atoms with Gasteiger partial charge >= 0.3 is 5.97 Å². The molecule has 8 heteroatoms. The number of carbonyl (C=O) groups is 1. The van der Waals surface area contributed by atoms with Crippen molar-refractivity contribution in [3.63, 3.8) is 0 Å². The molecule has 0 aliphatic rings. The highest BCUT2D eigenvalue weighted by Gasteiger charge is 2.19. The predicted octanol–water partition coefficient (Wildman–Crippen LogP) is 1.89. The first-order chi connectivity index (χ1) is 8.71. The van der Waals surface area contributed by atoms with Crippen LogP contribution in [-0.2, 0) is 9.53 Å². The molecule has 0 aliphatic carbocycles. The monoisotopic (exact) mass is 307 g/mol. The van der Waals surface area contributed by atoms with Crippen molar-refractivity contribution in [2.75, 3.05) is 25.2 Å². The number of nitrogens with one attached hydrogen (secondary N) is 1. The molecular weight excluding hydrogens is 290 g/mol. The maximum Gasteiger partial charge on any atom is 0.323 e. The Balaban J connectivity index is 2.48. The Morgan fingerprint density at radius 1 is 1.44 bits per heavy atom. The van der Waals surface area contributed by atoms with Gasteiger partial charge in [-0.3, -0.25) is 4.79 Å². The number of ether oxygens (including phenoxy) is 1. The Kier molecular flexibility index (Phi) is 7.64. The summed E-state index contributed by atoms with van der Waals surface area (Å²) in [5.41, 5.74) is 0. The van der Waals surface area contributed by atoms with Crippen molar-refractivity contribution >= 4 is 40.8 Å². The van der Waals surface area contributed by atoms with Crippen molar-refractivity contribution in [1.29, 1.82) is 0 Å². The van der Waals surface area contributed by atoms with Crippen LogP contribution in [0, 0.1) is 0 Å². The predicted molar refractivity (Wildman–Crippen MR) is 76.5 cm³/mol. The molecule has 0 saturated carbocycles. The van der Waals surface area contributed by atoms with E-state index in [-0.39, 0.29) is 12.0 Å². The maximum absolute atomic E-state index is 11.7. The average molecular weight is 307 g/mol. The largest absolute Gasteiger partial charge is 0.465 e. The quantitative estimate of drug-likeness (QED) is 0.581. The first kappa shape index (κ1) is 15.7. The third-order valence-corrected chi connectivity index (χ3v) is 5.08. The molecule has 0 spiro atoms. The molecule has 1 unspecified atom stereocenters. The summed E-state index contributed by atoms with van der Waals surface area (Å²) < 4.78 is 6.84. The van der Waals surface area contributed by atoms with E-state index < -0.39 is 0 Å². The highest BCUT2D eigenvalue weighted by atomic mass is 32.2. The zero-order chi connectivity index (χ0) is 13.4. The summed E-state index contributed by atoms with van der Waals surface area (Å²) in [6.07, 6.45) is 1.97. The third kappa shape index (κ3) is 5.13. The second kappa shape index (κ2) is 8.73. The lowest BCUT2D eigenvalue weighted by Gasteiger charge is -2.14. The Morgan fingerprint density at radius 3 is 2.72 bits per heavy atom. The van der Waals surface area contributed by atoms with Crippen molar-refractivity contribution < 1.29 is 9.53 Å². The van der Waals surface area contributed by atoms with Crippen LogP contribution >= 0.6 is 34.9 Å². The zero-order valence-electron chi connectivity index (χ0n) is 10.6. The molecule has 0 amide bonds. The van der Waals surface area contributed by atoms with Crippen LogP contribution in [0.2, 0.25) is 0 Å². The van der Waals surface area contributed by atoms with E-state index in [1.807, 2.05) is 20.1 Å². The molecule has 1 atom stereocenters. The molecule has 0 bridgehead atoms. The molecule has 18 heavy (non-hydrogen) atoms. The van der Waals surface area contributed by atoms with Crippen LogP contribution in [0.4, 0.5) is 0 Å². The van der Waals surface area contributed by atoms with Gasteiger partial charge < -0.3 is 10.1 Å². The van der Waals surface area contributed by atoms with Crippen LogP contribution in [0.3, 0.4) is 0 Å². The molecule has 1 aromatic rings.